The van der Waals surface area contributed by atoms with E-state index in [4.69, 9.17) is 4.74 Å². The van der Waals surface area contributed by atoms with Crippen LogP contribution in [0.2, 0.25) is 0 Å². The van der Waals surface area contributed by atoms with Gasteiger partial charge in [0.1, 0.15) is 5.60 Å². The Morgan fingerprint density at radius 1 is 1.50 bits per heavy atom. The molecule has 1 saturated carbocycles. The summed E-state index contributed by atoms with van der Waals surface area (Å²) in [6, 6.07) is 0. The van der Waals surface area contributed by atoms with Gasteiger partial charge < -0.3 is 14.6 Å². The maximum absolute atomic E-state index is 11.6. The predicted octanol–water partition coefficient (Wildman–Crippen LogP) is 3.24. The fraction of sp³-hybridized carbons (Fsp3) is 0.750. The fourth-order valence-corrected chi connectivity index (χ4v) is 3.58. The van der Waals surface area contributed by atoms with Gasteiger partial charge in [-0.15, -0.1) is 0 Å². The summed E-state index contributed by atoms with van der Waals surface area (Å²) in [5.74, 6) is 0. The van der Waals surface area contributed by atoms with E-state index in [0.717, 1.165) is 18.7 Å². The summed E-state index contributed by atoms with van der Waals surface area (Å²) < 4.78 is 7.85. The van der Waals surface area contributed by atoms with Crippen LogP contribution in [-0.2, 0) is 17.7 Å². The Balaban J connectivity index is 1.82. The number of carbonyl (C=O) groups is 1. The second-order valence-electron chi connectivity index (χ2n) is 6.93. The van der Waals surface area contributed by atoms with Crippen molar-refractivity contribution in [1.29, 1.82) is 0 Å². The number of imidazole rings is 1. The standard InChI is InChI=1S/C16H27N3O2S/c1-15(2,3)21-14(20)18-9-6-13-10-17-12-19(13)11-16(22-4)7-5-8-16/h10,12H,5-9,11H2,1-4H3,(H,18,20). The van der Waals surface area contributed by atoms with Crippen molar-refractivity contribution in [3.8, 4) is 0 Å². The second kappa shape index (κ2) is 6.94. The molecule has 0 aromatic carbocycles. The zero-order valence-electron chi connectivity index (χ0n) is 14.0. The van der Waals surface area contributed by atoms with E-state index in [2.05, 4.69) is 21.1 Å². The highest BCUT2D eigenvalue weighted by molar-refractivity contribution is 8.00. The van der Waals surface area contributed by atoms with Crippen molar-refractivity contribution in [2.75, 3.05) is 12.8 Å². The van der Waals surface area contributed by atoms with E-state index in [9.17, 15) is 4.79 Å². The Labute approximate surface area is 137 Å². The summed E-state index contributed by atoms with van der Waals surface area (Å²) in [6.45, 7) is 7.16. The summed E-state index contributed by atoms with van der Waals surface area (Å²) >= 11 is 1.96. The fourth-order valence-electron chi connectivity index (χ4n) is 2.61. The predicted molar refractivity (Wildman–Crippen MR) is 90.3 cm³/mol. The van der Waals surface area contributed by atoms with Crippen molar-refractivity contribution >= 4 is 17.9 Å². The minimum atomic E-state index is -0.458. The molecule has 1 amide bonds. The van der Waals surface area contributed by atoms with Crippen LogP contribution in [0, 0.1) is 0 Å². The summed E-state index contributed by atoms with van der Waals surface area (Å²) in [7, 11) is 0. The van der Waals surface area contributed by atoms with Crippen molar-refractivity contribution in [3.05, 3.63) is 18.2 Å². The van der Waals surface area contributed by atoms with Crippen LogP contribution in [0.4, 0.5) is 4.79 Å². The number of hydrogen-bond acceptors (Lipinski definition) is 4. The van der Waals surface area contributed by atoms with Crippen molar-refractivity contribution < 1.29 is 9.53 Å². The molecule has 2 rings (SSSR count). The average molecular weight is 325 g/mol. The van der Waals surface area contributed by atoms with E-state index in [1.807, 2.05) is 45.1 Å². The molecule has 124 valence electrons. The third-order valence-electron chi connectivity index (χ3n) is 4.00. The molecule has 0 atom stereocenters. The third-order valence-corrected chi connectivity index (χ3v) is 5.41. The van der Waals surface area contributed by atoms with Crippen LogP contribution in [0.15, 0.2) is 12.5 Å². The number of aromatic nitrogens is 2. The molecule has 1 aliphatic rings. The first-order valence-corrected chi connectivity index (χ1v) is 9.07. The summed E-state index contributed by atoms with van der Waals surface area (Å²) in [5.41, 5.74) is 0.706. The minimum Gasteiger partial charge on any atom is -0.444 e. The van der Waals surface area contributed by atoms with Crippen LogP contribution in [0.3, 0.4) is 0 Å². The molecule has 0 unspecified atom stereocenters. The summed E-state index contributed by atoms with van der Waals surface area (Å²) in [6.07, 6.45) is 10.3. The van der Waals surface area contributed by atoms with Crippen LogP contribution in [0.1, 0.15) is 45.7 Å². The van der Waals surface area contributed by atoms with E-state index < -0.39 is 5.60 Å². The Hall–Kier alpha value is -1.17. The molecule has 1 N–H and O–H groups in total. The maximum atomic E-state index is 11.6. The van der Waals surface area contributed by atoms with Crippen LogP contribution in [-0.4, -0.2) is 38.8 Å². The normalized spacial score (nSPS) is 16.9. The minimum absolute atomic E-state index is 0.363. The van der Waals surface area contributed by atoms with Gasteiger partial charge in [0.05, 0.1) is 6.33 Å². The van der Waals surface area contributed by atoms with Crippen LogP contribution >= 0.6 is 11.8 Å². The first-order chi connectivity index (χ1) is 10.3. The van der Waals surface area contributed by atoms with Gasteiger partial charge in [0.25, 0.3) is 0 Å². The smallest absolute Gasteiger partial charge is 0.407 e. The van der Waals surface area contributed by atoms with Crippen LogP contribution in [0.25, 0.3) is 0 Å². The molecule has 6 heteroatoms. The van der Waals surface area contributed by atoms with Gasteiger partial charge in [-0.2, -0.15) is 11.8 Å². The van der Waals surface area contributed by atoms with Crippen LogP contribution < -0.4 is 5.32 Å². The van der Waals surface area contributed by atoms with Crippen molar-refractivity contribution in [2.45, 2.75) is 63.3 Å². The first-order valence-electron chi connectivity index (χ1n) is 7.85. The molecule has 0 saturated heterocycles. The van der Waals surface area contributed by atoms with E-state index >= 15 is 0 Å². The molecule has 5 nitrogen and oxygen atoms in total. The molecule has 0 bridgehead atoms. The molecule has 0 aliphatic heterocycles. The third kappa shape index (κ3) is 4.66. The number of rotatable bonds is 6. The topological polar surface area (TPSA) is 56.2 Å². The van der Waals surface area contributed by atoms with Gasteiger partial charge >= 0.3 is 6.09 Å². The van der Waals surface area contributed by atoms with Crippen molar-refractivity contribution in [2.24, 2.45) is 0 Å². The lowest BCUT2D eigenvalue weighted by molar-refractivity contribution is 0.0528. The number of nitrogens with zero attached hydrogens (tertiary/aromatic N) is 2. The molecular weight excluding hydrogens is 298 g/mol. The lowest BCUT2D eigenvalue weighted by atomic mass is 9.84. The van der Waals surface area contributed by atoms with Gasteiger partial charge in [-0.1, -0.05) is 6.42 Å². The number of alkyl carbamates (subject to hydrolysis) is 1. The van der Waals surface area contributed by atoms with Gasteiger partial charge in [-0.3, -0.25) is 0 Å². The Bertz CT molecular complexity index is 498. The number of hydrogen-bond donors (Lipinski definition) is 1. The molecule has 0 radical (unpaired) electrons. The molecule has 1 heterocycles. The molecule has 22 heavy (non-hydrogen) atoms. The van der Waals surface area contributed by atoms with Gasteiger partial charge in [0.15, 0.2) is 0 Å². The SMILES string of the molecule is CSC1(Cn2cncc2CCNC(=O)OC(C)(C)C)CCC1. The summed E-state index contributed by atoms with van der Waals surface area (Å²) in [5, 5.41) is 2.80. The van der Waals surface area contributed by atoms with Gasteiger partial charge in [0.2, 0.25) is 0 Å². The highest BCUT2D eigenvalue weighted by Crippen LogP contribution is 2.44. The number of carbonyl (C=O) groups excluding carboxylic acids is 1. The monoisotopic (exact) mass is 325 g/mol. The molecular formula is C16H27N3O2S. The zero-order chi connectivity index (χ0) is 16.2. The quantitative estimate of drug-likeness (QED) is 0.872. The van der Waals surface area contributed by atoms with Gasteiger partial charge in [-0.25, -0.2) is 9.78 Å². The maximum Gasteiger partial charge on any atom is 0.407 e. The molecule has 1 fully saturated rings. The largest absolute Gasteiger partial charge is 0.444 e. The number of thioether (sulfide) groups is 1. The average Bonchev–Trinajstić information content (AvgIpc) is 2.79. The van der Waals surface area contributed by atoms with E-state index in [1.165, 1.54) is 19.3 Å². The molecule has 1 aromatic heterocycles. The van der Waals surface area contributed by atoms with Gasteiger partial charge in [-0.05, 0) is 39.9 Å². The molecule has 1 aliphatic carbocycles. The zero-order valence-corrected chi connectivity index (χ0v) is 14.8. The van der Waals surface area contributed by atoms with Gasteiger partial charge in [0, 0.05) is 36.1 Å². The summed E-state index contributed by atoms with van der Waals surface area (Å²) in [4.78, 5) is 15.9. The number of nitrogens with one attached hydrogen (secondary N) is 1. The van der Waals surface area contributed by atoms with Crippen LogP contribution in [0.5, 0.6) is 0 Å². The lowest BCUT2D eigenvalue weighted by Gasteiger charge is -2.41. The van der Waals surface area contributed by atoms with Crippen molar-refractivity contribution in [1.82, 2.24) is 14.9 Å². The van der Waals surface area contributed by atoms with Crippen molar-refractivity contribution in [3.63, 3.8) is 0 Å². The highest BCUT2D eigenvalue weighted by atomic mass is 32.2. The lowest BCUT2D eigenvalue weighted by Crippen LogP contribution is -2.38. The highest BCUT2D eigenvalue weighted by Gasteiger charge is 2.36. The Morgan fingerprint density at radius 3 is 2.77 bits per heavy atom. The Morgan fingerprint density at radius 2 is 2.23 bits per heavy atom. The molecule has 0 spiro atoms. The second-order valence-corrected chi connectivity index (χ2v) is 8.21. The van der Waals surface area contributed by atoms with E-state index in [-0.39, 0.29) is 6.09 Å². The van der Waals surface area contributed by atoms with E-state index in [0.29, 0.717) is 11.3 Å². The number of amides is 1. The van der Waals surface area contributed by atoms with E-state index in [1.54, 1.807) is 0 Å². The first kappa shape index (κ1) is 17.2. The Kier molecular flexibility index (Phi) is 5.42. The molecule has 1 aromatic rings. The number of ether oxygens (including phenoxy) is 1.